The lowest BCUT2D eigenvalue weighted by Crippen LogP contribution is -2.36. The van der Waals surface area contributed by atoms with Crippen LogP contribution in [0.2, 0.25) is 0 Å². The molecule has 0 radical (unpaired) electrons. The summed E-state index contributed by atoms with van der Waals surface area (Å²) < 4.78 is 45.6. The van der Waals surface area contributed by atoms with Gasteiger partial charge < -0.3 is 14.2 Å². The van der Waals surface area contributed by atoms with E-state index in [1.165, 1.54) is 16.4 Å². The van der Waals surface area contributed by atoms with Crippen molar-refractivity contribution in [3.63, 3.8) is 0 Å². The van der Waals surface area contributed by atoms with E-state index in [-0.39, 0.29) is 30.3 Å². The summed E-state index contributed by atoms with van der Waals surface area (Å²) in [6, 6.07) is 13.6. The first-order chi connectivity index (χ1) is 16.4. The van der Waals surface area contributed by atoms with E-state index in [9.17, 15) is 13.2 Å². The molecule has 1 aliphatic heterocycles. The van der Waals surface area contributed by atoms with Gasteiger partial charge in [0.2, 0.25) is 10.0 Å². The first kappa shape index (κ1) is 23.8. The van der Waals surface area contributed by atoms with Crippen LogP contribution < -0.4 is 9.47 Å². The molecule has 0 fully saturated rings. The highest BCUT2D eigenvalue weighted by Crippen LogP contribution is 2.30. The number of fused-ring (bicyclic) bond motifs is 1. The van der Waals surface area contributed by atoms with Gasteiger partial charge in [-0.3, -0.25) is 0 Å². The Kier molecular flexibility index (Phi) is 6.90. The standard InChI is InChI=1S/C24H27N3O6S/c1-4-32-19-10-12-20(13-11-19)34(29,30)26-15-14-22-21(16-26)23(24(28)33-5-2)25-27(22)17-6-8-18(31-3)9-7-17/h6-13H,4-5,14-16H2,1-3H3. The van der Waals surface area contributed by atoms with Crippen molar-refractivity contribution in [3.8, 4) is 17.2 Å². The number of sulfonamides is 1. The van der Waals surface area contributed by atoms with Gasteiger partial charge in [0, 0.05) is 25.1 Å². The molecule has 2 heterocycles. The molecule has 1 aromatic heterocycles. The van der Waals surface area contributed by atoms with Crippen molar-refractivity contribution in [1.82, 2.24) is 14.1 Å². The van der Waals surface area contributed by atoms with E-state index in [1.807, 2.05) is 19.1 Å². The van der Waals surface area contributed by atoms with Crippen LogP contribution in [0, 0.1) is 0 Å². The van der Waals surface area contributed by atoms with E-state index < -0.39 is 16.0 Å². The molecule has 1 aliphatic rings. The second-order valence-corrected chi connectivity index (χ2v) is 9.54. The normalized spacial score (nSPS) is 13.9. The van der Waals surface area contributed by atoms with Gasteiger partial charge in [0.05, 0.1) is 36.6 Å². The summed E-state index contributed by atoms with van der Waals surface area (Å²) in [5.41, 5.74) is 2.20. The topological polar surface area (TPSA) is 100.0 Å². The number of aromatic nitrogens is 2. The van der Waals surface area contributed by atoms with Gasteiger partial charge in [-0.15, -0.1) is 0 Å². The molecular formula is C24H27N3O6S. The molecule has 0 unspecified atom stereocenters. The summed E-state index contributed by atoms with van der Waals surface area (Å²) in [5.74, 6) is 0.724. The molecule has 0 N–H and O–H groups in total. The lowest BCUT2D eigenvalue weighted by molar-refractivity contribution is 0.0517. The molecule has 0 bridgehead atoms. The minimum atomic E-state index is -3.78. The van der Waals surface area contributed by atoms with E-state index >= 15 is 0 Å². The Labute approximate surface area is 198 Å². The van der Waals surface area contributed by atoms with Crippen LogP contribution in [0.4, 0.5) is 0 Å². The van der Waals surface area contributed by atoms with Gasteiger partial charge in [-0.2, -0.15) is 9.40 Å². The lowest BCUT2D eigenvalue weighted by Gasteiger charge is -2.27. The molecule has 4 rings (SSSR count). The Morgan fingerprint density at radius 3 is 2.29 bits per heavy atom. The fourth-order valence-corrected chi connectivity index (χ4v) is 5.33. The Morgan fingerprint density at radius 2 is 1.68 bits per heavy atom. The minimum Gasteiger partial charge on any atom is -0.497 e. The second-order valence-electron chi connectivity index (χ2n) is 7.60. The maximum atomic E-state index is 13.3. The maximum absolute atomic E-state index is 13.3. The Balaban J connectivity index is 1.70. The number of hydrogen-bond acceptors (Lipinski definition) is 7. The fourth-order valence-electron chi connectivity index (χ4n) is 3.92. The zero-order valence-electron chi connectivity index (χ0n) is 19.4. The predicted molar refractivity (Wildman–Crippen MR) is 125 cm³/mol. The van der Waals surface area contributed by atoms with Crippen LogP contribution >= 0.6 is 0 Å². The van der Waals surface area contributed by atoms with Crippen LogP contribution in [0.15, 0.2) is 53.4 Å². The number of ether oxygens (including phenoxy) is 3. The molecular weight excluding hydrogens is 458 g/mol. The van der Waals surface area contributed by atoms with E-state index in [1.54, 1.807) is 43.0 Å². The third-order valence-electron chi connectivity index (χ3n) is 5.58. The Hall–Kier alpha value is -3.37. The second kappa shape index (κ2) is 9.86. The molecule has 0 saturated carbocycles. The van der Waals surface area contributed by atoms with Crippen molar-refractivity contribution in [2.75, 3.05) is 26.9 Å². The number of methoxy groups -OCH3 is 1. The summed E-state index contributed by atoms with van der Waals surface area (Å²) in [6.45, 7) is 4.55. The van der Waals surface area contributed by atoms with Crippen LogP contribution in [0.1, 0.15) is 35.6 Å². The molecule has 10 heteroatoms. The number of carbonyl (C=O) groups is 1. The molecule has 0 aliphatic carbocycles. The molecule has 0 saturated heterocycles. The van der Waals surface area contributed by atoms with Crippen molar-refractivity contribution in [2.45, 2.75) is 31.7 Å². The monoisotopic (exact) mass is 485 g/mol. The highest BCUT2D eigenvalue weighted by atomic mass is 32.2. The number of hydrogen-bond donors (Lipinski definition) is 0. The third kappa shape index (κ3) is 4.51. The average Bonchev–Trinajstić information content (AvgIpc) is 3.24. The molecule has 34 heavy (non-hydrogen) atoms. The average molecular weight is 486 g/mol. The third-order valence-corrected chi connectivity index (χ3v) is 7.44. The first-order valence-corrected chi connectivity index (χ1v) is 12.5. The zero-order valence-corrected chi connectivity index (χ0v) is 20.2. The van der Waals surface area contributed by atoms with Gasteiger partial charge in [0.15, 0.2) is 5.69 Å². The van der Waals surface area contributed by atoms with Crippen molar-refractivity contribution in [2.24, 2.45) is 0 Å². The van der Waals surface area contributed by atoms with E-state index in [0.29, 0.717) is 30.1 Å². The number of benzene rings is 2. The minimum absolute atomic E-state index is 0.0230. The largest absolute Gasteiger partial charge is 0.497 e. The van der Waals surface area contributed by atoms with Crippen LogP contribution in [0.3, 0.4) is 0 Å². The lowest BCUT2D eigenvalue weighted by atomic mass is 10.1. The van der Waals surface area contributed by atoms with Crippen LogP contribution in [0.25, 0.3) is 5.69 Å². The molecule has 0 spiro atoms. The van der Waals surface area contributed by atoms with Gasteiger partial charge in [0.1, 0.15) is 11.5 Å². The summed E-state index contributed by atoms with van der Waals surface area (Å²) in [4.78, 5) is 12.9. The van der Waals surface area contributed by atoms with Crippen LogP contribution in [-0.2, 0) is 27.7 Å². The SMILES string of the molecule is CCOC(=O)c1nn(-c2ccc(OC)cc2)c2c1CN(S(=O)(=O)c1ccc(OCC)cc1)CC2. The van der Waals surface area contributed by atoms with Crippen molar-refractivity contribution in [3.05, 3.63) is 65.5 Å². The molecule has 0 atom stereocenters. The fraction of sp³-hybridized carbons (Fsp3) is 0.333. The summed E-state index contributed by atoms with van der Waals surface area (Å²) in [6.07, 6.45) is 0.393. The summed E-state index contributed by atoms with van der Waals surface area (Å²) in [7, 11) is -2.20. The van der Waals surface area contributed by atoms with Crippen LogP contribution in [-0.4, -0.2) is 55.3 Å². The smallest absolute Gasteiger partial charge is 0.359 e. The van der Waals surface area contributed by atoms with E-state index in [4.69, 9.17) is 14.2 Å². The molecule has 0 amide bonds. The number of carbonyl (C=O) groups excluding carboxylic acids is 1. The molecule has 2 aromatic carbocycles. The quantitative estimate of drug-likeness (QED) is 0.452. The zero-order chi connectivity index (χ0) is 24.3. The van der Waals surface area contributed by atoms with Crippen molar-refractivity contribution < 1.29 is 27.4 Å². The van der Waals surface area contributed by atoms with Gasteiger partial charge in [-0.25, -0.2) is 17.9 Å². The predicted octanol–water partition coefficient (Wildman–Crippen LogP) is 3.20. The Bertz CT molecular complexity index is 1270. The summed E-state index contributed by atoms with van der Waals surface area (Å²) >= 11 is 0. The highest BCUT2D eigenvalue weighted by Gasteiger charge is 2.34. The molecule has 9 nitrogen and oxygen atoms in total. The van der Waals surface area contributed by atoms with E-state index in [0.717, 1.165) is 11.4 Å². The molecule has 3 aromatic rings. The van der Waals surface area contributed by atoms with Crippen molar-refractivity contribution in [1.29, 1.82) is 0 Å². The van der Waals surface area contributed by atoms with Gasteiger partial charge in [0.25, 0.3) is 0 Å². The van der Waals surface area contributed by atoms with Crippen molar-refractivity contribution >= 4 is 16.0 Å². The number of nitrogens with zero attached hydrogens (tertiary/aromatic N) is 3. The number of esters is 1. The molecule has 180 valence electrons. The van der Waals surface area contributed by atoms with Gasteiger partial charge >= 0.3 is 5.97 Å². The van der Waals surface area contributed by atoms with Crippen LogP contribution in [0.5, 0.6) is 11.5 Å². The Morgan fingerprint density at radius 1 is 1.00 bits per heavy atom. The van der Waals surface area contributed by atoms with Gasteiger partial charge in [-0.05, 0) is 62.4 Å². The first-order valence-electron chi connectivity index (χ1n) is 11.0. The number of rotatable bonds is 8. The van der Waals surface area contributed by atoms with E-state index in [2.05, 4.69) is 5.10 Å². The maximum Gasteiger partial charge on any atom is 0.359 e. The highest BCUT2D eigenvalue weighted by molar-refractivity contribution is 7.89. The van der Waals surface area contributed by atoms with Gasteiger partial charge in [-0.1, -0.05) is 0 Å². The summed E-state index contributed by atoms with van der Waals surface area (Å²) in [5, 5.41) is 4.52.